The van der Waals surface area contributed by atoms with Crippen LogP contribution in [0.25, 0.3) is 10.9 Å². The molecule has 0 saturated carbocycles. The van der Waals surface area contributed by atoms with E-state index in [1.165, 1.54) is 31.4 Å². The summed E-state index contributed by atoms with van der Waals surface area (Å²) in [5.41, 5.74) is 2.01. The van der Waals surface area contributed by atoms with Crippen molar-refractivity contribution in [1.82, 2.24) is 9.29 Å². The van der Waals surface area contributed by atoms with Gasteiger partial charge in [-0.3, -0.25) is 5.32 Å². The first-order chi connectivity index (χ1) is 13.3. The van der Waals surface area contributed by atoms with Crippen molar-refractivity contribution in [3.8, 4) is 0 Å². The van der Waals surface area contributed by atoms with Crippen LogP contribution in [0.4, 0.5) is 10.5 Å². The van der Waals surface area contributed by atoms with Gasteiger partial charge in [-0.15, -0.1) is 0 Å². The molecule has 1 atom stereocenters. The first-order valence-electron chi connectivity index (χ1n) is 8.48. The number of nitrogens with zero attached hydrogens (tertiary/aromatic N) is 1. The van der Waals surface area contributed by atoms with Crippen molar-refractivity contribution < 1.29 is 23.1 Å². The molecule has 148 valence electrons. The Bertz CT molecular complexity index is 1090. The van der Waals surface area contributed by atoms with Crippen LogP contribution in [0.3, 0.4) is 0 Å². The highest BCUT2D eigenvalue weighted by Gasteiger charge is 2.19. The molecule has 8 nitrogen and oxygen atoms in total. The molecule has 0 aliphatic carbocycles. The van der Waals surface area contributed by atoms with Crippen molar-refractivity contribution in [2.75, 3.05) is 19.0 Å². The molecule has 1 amide bonds. The van der Waals surface area contributed by atoms with Crippen LogP contribution in [0.15, 0.2) is 59.6 Å². The van der Waals surface area contributed by atoms with Gasteiger partial charge in [0.25, 0.3) is 0 Å². The van der Waals surface area contributed by atoms with Gasteiger partial charge in [0.1, 0.15) is 0 Å². The molecule has 0 aliphatic rings. The Morgan fingerprint density at radius 1 is 1.18 bits per heavy atom. The summed E-state index contributed by atoms with van der Waals surface area (Å²) in [4.78, 5) is 11.2. The zero-order valence-electron chi connectivity index (χ0n) is 15.4. The maximum atomic E-state index is 12.5. The van der Waals surface area contributed by atoms with E-state index in [4.69, 9.17) is 0 Å². The predicted octanol–water partition coefficient (Wildman–Crippen LogP) is 2.37. The lowest BCUT2D eigenvalue weighted by molar-refractivity contribution is 0.183. The van der Waals surface area contributed by atoms with Crippen molar-refractivity contribution in [2.45, 2.75) is 11.0 Å². The second kappa shape index (κ2) is 8.01. The van der Waals surface area contributed by atoms with E-state index >= 15 is 0 Å². The summed E-state index contributed by atoms with van der Waals surface area (Å²) >= 11 is 0. The number of methoxy groups -OCH3 is 1. The molecular weight excluding hydrogens is 382 g/mol. The number of amides is 1. The van der Waals surface area contributed by atoms with Crippen LogP contribution in [0.2, 0.25) is 0 Å². The molecule has 1 heterocycles. The summed E-state index contributed by atoms with van der Waals surface area (Å²) < 4.78 is 33.8. The van der Waals surface area contributed by atoms with E-state index in [9.17, 15) is 18.3 Å². The van der Waals surface area contributed by atoms with Gasteiger partial charge in [-0.25, -0.2) is 17.9 Å². The standard InChI is InChI=1S/C19H21N3O5S/c1-22-12-16(15-5-3-4-6-17(15)22)18(23)11-20-28(25,26)14-9-7-13(8-10-14)21-19(24)27-2/h3-10,12,18,20,23H,11H2,1-2H3,(H,21,24). The Morgan fingerprint density at radius 2 is 1.86 bits per heavy atom. The molecule has 0 fully saturated rings. The minimum absolute atomic E-state index is 0.0213. The monoisotopic (exact) mass is 403 g/mol. The highest BCUT2D eigenvalue weighted by molar-refractivity contribution is 7.89. The maximum Gasteiger partial charge on any atom is 0.411 e. The third-order valence-electron chi connectivity index (χ3n) is 4.35. The van der Waals surface area contributed by atoms with Crippen LogP contribution in [-0.4, -0.2) is 37.8 Å². The number of aryl methyl sites for hydroxylation is 1. The normalized spacial score (nSPS) is 12.7. The van der Waals surface area contributed by atoms with E-state index < -0.39 is 22.2 Å². The van der Waals surface area contributed by atoms with E-state index in [1.54, 1.807) is 6.20 Å². The van der Waals surface area contributed by atoms with E-state index in [1.807, 2.05) is 35.9 Å². The molecule has 0 saturated heterocycles. The molecule has 1 aromatic heterocycles. The third kappa shape index (κ3) is 4.16. The number of carbonyl (C=O) groups excluding carboxylic acids is 1. The fourth-order valence-corrected chi connectivity index (χ4v) is 3.95. The van der Waals surface area contributed by atoms with Crippen molar-refractivity contribution >= 4 is 32.7 Å². The van der Waals surface area contributed by atoms with Crippen molar-refractivity contribution in [1.29, 1.82) is 0 Å². The second-order valence-corrected chi connectivity index (χ2v) is 7.99. The first-order valence-corrected chi connectivity index (χ1v) is 9.97. The van der Waals surface area contributed by atoms with E-state index in [-0.39, 0.29) is 11.4 Å². The van der Waals surface area contributed by atoms with Crippen molar-refractivity contribution in [2.24, 2.45) is 7.05 Å². The highest BCUT2D eigenvalue weighted by atomic mass is 32.2. The highest BCUT2D eigenvalue weighted by Crippen LogP contribution is 2.26. The van der Waals surface area contributed by atoms with Gasteiger partial charge in [0, 0.05) is 41.9 Å². The van der Waals surface area contributed by atoms with Gasteiger partial charge in [0.2, 0.25) is 10.0 Å². The smallest absolute Gasteiger partial charge is 0.411 e. The summed E-state index contributed by atoms with van der Waals surface area (Å²) in [6.45, 7) is -0.168. The average molecular weight is 403 g/mol. The van der Waals surface area contributed by atoms with Gasteiger partial charge >= 0.3 is 6.09 Å². The Kier molecular flexibility index (Phi) is 5.68. The average Bonchev–Trinajstić information content (AvgIpc) is 3.03. The van der Waals surface area contributed by atoms with Crippen molar-refractivity contribution in [3.63, 3.8) is 0 Å². The number of hydrogen-bond acceptors (Lipinski definition) is 5. The zero-order chi connectivity index (χ0) is 20.3. The molecule has 9 heteroatoms. The lowest BCUT2D eigenvalue weighted by atomic mass is 10.1. The van der Waals surface area contributed by atoms with Crippen LogP contribution in [0, 0.1) is 0 Å². The minimum atomic E-state index is -3.82. The van der Waals surface area contributed by atoms with Crippen molar-refractivity contribution in [3.05, 3.63) is 60.3 Å². The molecule has 28 heavy (non-hydrogen) atoms. The largest absolute Gasteiger partial charge is 0.453 e. The number of hydrogen-bond donors (Lipinski definition) is 3. The molecule has 1 unspecified atom stereocenters. The fraction of sp³-hybridized carbons (Fsp3) is 0.211. The summed E-state index contributed by atoms with van der Waals surface area (Å²) in [6.07, 6.45) is 0.143. The zero-order valence-corrected chi connectivity index (χ0v) is 16.2. The number of aromatic nitrogens is 1. The lowest BCUT2D eigenvalue weighted by Gasteiger charge is -2.12. The number of aliphatic hydroxyl groups excluding tert-OH is 1. The van der Waals surface area contributed by atoms with Crippen LogP contribution < -0.4 is 10.0 Å². The Hall–Kier alpha value is -2.88. The van der Waals surface area contributed by atoms with Gasteiger partial charge in [0.05, 0.1) is 18.1 Å². The number of para-hydroxylation sites is 1. The topological polar surface area (TPSA) is 110 Å². The number of fused-ring (bicyclic) bond motifs is 1. The van der Waals surface area contributed by atoms with Crippen LogP contribution in [0.5, 0.6) is 0 Å². The number of sulfonamides is 1. The van der Waals surface area contributed by atoms with Gasteiger partial charge in [-0.1, -0.05) is 18.2 Å². The van der Waals surface area contributed by atoms with Gasteiger partial charge in [-0.2, -0.15) is 0 Å². The van der Waals surface area contributed by atoms with Gasteiger partial charge in [0.15, 0.2) is 0 Å². The summed E-state index contributed by atoms with van der Waals surface area (Å²) in [5.74, 6) is 0. The Balaban J connectivity index is 1.71. The molecule has 0 spiro atoms. The third-order valence-corrected chi connectivity index (χ3v) is 5.79. The number of ether oxygens (including phenoxy) is 1. The van der Waals surface area contributed by atoms with Crippen LogP contribution >= 0.6 is 0 Å². The number of anilines is 1. The fourth-order valence-electron chi connectivity index (χ4n) is 2.91. The molecule has 3 N–H and O–H groups in total. The number of rotatable bonds is 6. The summed E-state index contributed by atoms with van der Waals surface area (Å²) in [5, 5.41) is 13.8. The van der Waals surface area contributed by atoms with E-state index in [0.717, 1.165) is 10.9 Å². The second-order valence-electron chi connectivity index (χ2n) is 6.22. The molecule has 3 rings (SSSR count). The molecule has 0 radical (unpaired) electrons. The minimum Gasteiger partial charge on any atom is -0.453 e. The summed E-state index contributed by atoms with van der Waals surface area (Å²) in [6, 6.07) is 13.2. The summed E-state index contributed by atoms with van der Waals surface area (Å²) in [7, 11) is -0.718. The van der Waals surface area contributed by atoms with E-state index in [0.29, 0.717) is 11.3 Å². The Labute approximate surface area is 162 Å². The van der Waals surface area contributed by atoms with E-state index in [2.05, 4.69) is 14.8 Å². The first kappa shape index (κ1) is 19.9. The number of benzene rings is 2. The van der Waals surface area contributed by atoms with Crippen LogP contribution in [0.1, 0.15) is 11.7 Å². The Morgan fingerprint density at radius 3 is 2.54 bits per heavy atom. The number of carbonyl (C=O) groups is 1. The van der Waals surface area contributed by atoms with Crippen LogP contribution in [-0.2, 0) is 21.8 Å². The van der Waals surface area contributed by atoms with Gasteiger partial charge in [-0.05, 0) is 30.3 Å². The molecular formula is C19H21N3O5S. The number of nitrogens with one attached hydrogen (secondary N) is 2. The molecule has 2 aromatic carbocycles. The SMILES string of the molecule is COC(=O)Nc1ccc(S(=O)(=O)NCC(O)c2cn(C)c3ccccc23)cc1. The van der Waals surface area contributed by atoms with Gasteiger partial charge < -0.3 is 14.4 Å². The predicted molar refractivity (Wildman–Crippen MR) is 106 cm³/mol. The molecule has 0 aliphatic heterocycles. The molecule has 3 aromatic rings. The quantitative estimate of drug-likeness (QED) is 0.585. The lowest BCUT2D eigenvalue weighted by Crippen LogP contribution is -2.28. The maximum absolute atomic E-state index is 12.5. The number of aliphatic hydroxyl groups is 1. The molecule has 0 bridgehead atoms.